The molecule has 0 aliphatic carbocycles. The number of pyridine rings is 1. The van der Waals surface area contributed by atoms with Gasteiger partial charge in [0.2, 0.25) is 0 Å². The lowest BCUT2D eigenvalue weighted by Crippen LogP contribution is -2.06. The molecule has 0 atom stereocenters. The Morgan fingerprint density at radius 3 is 3.19 bits per heavy atom. The van der Waals surface area contributed by atoms with Gasteiger partial charge in [0.15, 0.2) is 10.4 Å². The molecule has 0 radical (unpaired) electrons. The average Bonchev–Trinajstić information content (AvgIpc) is 2.62. The molecule has 0 spiro atoms. The number of esters is 1. The zero-order chi connectivity index (χ0) is 11.7. The summed E-state index contributed by atoms with van der Waals surface area (Å²) in [4.78, 5) is 11.5. The Kier molecular flexibility index (Phi) is 2.93. The van der Waals surface area contributed by atoms with E-state index in [1.54, 1.807) is 23.6 Å². The molecule has 2 aromatic heterocycles. The Morgan fingerprint density at radius 2 is 2.50 bits per heavy atom. The zero-order valence-corrected chi connectivity index (χ0v) is 9.93. The van der Waals surface area contributed by atoms with E-state index in [0.717, 1.165) is 0 Å². The van der Waals surface area contributed by atoms with Gasteiger partial charge in [-0.15, -0.1) is 0 Å². The van der Waals surface area contributed by atoms with Crippen LogP contribution in [-0.4, -0.2) is 27.2 Å². The minimum atomic E-state index is -0.469. The molecule has 2 aromatic rings. The second-order valence-electron chi connectivity index (χ2n) is 2.99. The quantitative estimate of drug-likeness (QED) is 0.662. The molecule has 16 heavy (non-hydrogen) atoms. The van der Waals surface area contributed by atoms with Crippen LogP contribution in [-0.2, 0) is 4.74 Å². The van der Waals surface area contributed by atoms with E-state index in [-0.39, 0.29) is 10.6 Å². The Morgan fingerprint density at radius 1 is 1.75 bits per heavy atom. The highest BCUT2D eigenvalue weighted by Gasteiger charge is 2.15. The highest BCUT2D eigenvalue weighted by atomic mass is 35.5. The molecule has 1 N–H and O–H groups in total. The second kappa shape index (κ2) is 4.23. The zero-order valence-electron chi connectivity index (χ0n) is 8.36. The molecular formula is C9H8ClN3O2S. The van der Waals surface area contributed by atoms with E-state index >= 15 is 0 Å². The summed E-state index contributed by atoms with van der Waals surface area (Å²) >= 11 is 11.0. The van der Waals surface area contributed by atoms with Gasteiger partial charge in [-0.3, -0.25) is 9.50 Å². The van der Waals surface area contributed by atoms with Crippen LogP contribution in [0, 0.1) is 4.77 Å². The van der Waals surface area contributed by atoms with Crippen molar-refractivity contribution in [2.75, 3.05) is 6.61 Å². The summed E-state index contributed by atoms with van der Waals surface area (Å²) in [7, 11) is 0. The number of hydrogen-bond acceptors (Lipinski definition) is 4. The van der Waals surface area contributed by atoms with Crippen molar-refractivity contribution < 1.29 is 9.53 Å². The van der Waals surface area contributed by atoms with Crippen molar-refractivity contribution >= 4 is 35.4 Å². The van der Waals surface area contributed by atoms with E-state index in [9.17, 15) is 4.79 Å². The molecule has 0 unspecified atom stereocenters. The predicted octanol–water partition coefficient (Wildman–Crippen LogP) is 2.22. The van der Waals surface area contributed by atoms with Crippen molar-refractivity contribution in [1.29, 1.82) is 0 Å². The minimum Gasteiger partial charge on any atom is -0.462 e. The first kappa shape index (κ1) is 11.1. The third-order valence-electron chi connectivity index (χ3n) is 2.02. The lowest BCUT2D eigenvalue weighted by atomic mass is 10.2. The summed E-state index contributed by atoms with van der Waals surface area (Å²) in [6.45, 7) is 2.03. The summed E-state index contributed by atoms with van der Waals surface area (Å²) < 4.78 is 6.87. The minimum absolute atomic E-state index is 0.230. The number of fused-ring (bicyclic) bond motifs is 1. The Bertz CT molecular complexity index is 604. The molecule has 2 heterocycles. The van der Waals surface area contributed by atoms with Gasteiger partial charge < -0.3 is 4.74 Å². The van der Waals surface area contributed by atoms with Crippen molar-refractivity contribution in [2.45, 2.75) is 6.92 Å². The van der Waals surface area contributed by atoms with E-state index in [1.165, 1.54) is 0 Å². The monoisotopic (exact) mass is 257 g/mol. The van der Waals surface area contributed by atoms with Crippen molar-refractivity contribution in [1.82, 2.24) is 14.6 Å². The first-order valence-corrected chi connectivity index (χ1v) is 5.36. The number of nitrogens with zero attached hydrogens (tertiary/aromatic N) is 2. The predicted molar refractivity (Wildman–Crippen MR) is 61.3 cm³/mol. The van der Waals surface area contributed by atoms with E-state index in [1.807, 2.05) is 0 Å². The average molecular weight is 258 g/mol. The Labute approximate surface area is 101 Å². The van der Waals surface area contributed by atoms with Gasteiger partial charge in [0.25, 0.3) is 0 Å². The van der Waals surface area contributed by atoms with E-state index in [4.69, 9.17) is 28.6 Å². The second-order valence-corrected chi connectivity index (χ2v) is 3.75. The van der Waals surface area contributed by atoms with Gasteiger partial charge in [0.1, 0.15) is 5.02 Å². The number of carbonyl (C=O) groups is 1. The normalized spacial score (nSPS) is 10.6. The number of nitrogens with one attached hydrogen (secondary N) is 1. The largest absolute Gasteiger partial charge is 0.462 e. The Balaban J connectivity index is 2.61. The van der Waals surface area contributed by atoms with E-state index < -0.39 is 5.97 Å². The van der Waals surface area contributed by atoms with Gasteiger partial charge in [0.05, 0.1) is 12.2 Å². The van der Waals surface area contributed by atoms with Gasteiger partial charge >= 0.3 is 5.97 Å². The summed E-state index contributed by atoms with van der Waals surface area (Å²) in [5, 5.41) is 6.75. The third kappa shape index (κ3) is 1.70. The number of hydrogen-bond donors (Lipinski definition) is 1. The molecule has 5 nitrogen and oxygen atoms in total. The van der Waals surface area contributed by atoms with Crippen LogP contribution in [0.2, 0.25) is 5.02 Å². The summed E-state index contributed by atoms with van der Waals surface area (Å²) in [5.41, 5.74) is 0.697. The lowest BCUT2D eigenvalue weighted by Gasteiger charge is -2.04. The van der Waals surface area contributed by atoms with Gasteiger partial charge in [-0.25, -0.2) is 4.79 Å². The number of halogens is 1. The van der Waals surface area contributed by atoms with Crippen molar-refractivity contribution in [2.24, 2.45) is 0 Å². The standard InChI is InChI=1S/C9H8ClN3O2S/c1-2-15-8(14)5-3-4-13-7(6(5)10)11-12-9(13)16/h3-4H,2H2,1H3,(H,12,16). The van der Waals surface area contributed by atoms with Crippen molar-refractivity contribution in [3.05, 3.63) is 27.6 Å². The van der Waals surface area contributed by atoms with Crippen LogP contribution in [0.1, 0.15) is 17.3 Å². The van der Waals surface area contributed by atoms with Crippen LogP contribution >= 0.6 is 23.8 Å². The maximum Gasteiger partial charge on any atom is 0.339 e. The molecule has 0 aliphatic heterocycles. The molecule has 2 rings (SSSR count). The molecule has 0 amide bonds. The molecule has 7 heteroatoms. The van der Waals surface area contributed by atoms with Gasteiger partial charge in [-0.2, -0.15) is 5.10 Å². The molecule has 0 saturated carbocycles. The summed E-state index contributed by atoms with van der Waals surface area (Å²) in [6.07, 6.45) is 1.62. The third-order valence-corrected chi connectivity index (χ3v) is 2.68. The molecule has 84 valence electrons. The van der Waals surface area contributed by atoms with Crippen LogP contribution in [0.15, 0.2) is 12.3 Å². The summed E-state index contributed by atoms with van der Waals surface area (Å²) in [6, 6.07) is 1.55. The molecular weight excluding hydrogens is 250 g/mol. The fourth-order valence-corrected chi connectivity index (χ4v) is 1.77. The fourth-order valence-electron chi connectivity index (χ4n) is 1.31. The Hall–Kier alpha value is -1.40. The fraction of sp³-hybridized carbons (Fsp3) is 0.222. The maximum absolute atomic E-state index is 11.5. The van der Waals surface area contributed by atoms with Crippen LogP contribution in [0.5, 0.6) is 0 Å². The number of aromatic nitrogens is 3. The van der Waals surface area contributed by atoms with Crippen molar-refractivity contribution in [3.8, 4) is 0 Å². The number of ether oxygens (including phenoxy) is 1. The van der Waals surface area contributed by atoms with E-state index in [0.29, 0.717) is 17.0 Å². The number of aromatic amines is 1. The van der Waals surface area contributed by atoms with Crippen LogP contribution in [0.4, 0.5) is 0 Å². The molecule has 0 bridgehead atoms. The lowest BCUT2D eigenvalue weighted by molar-refractivity contribution is 0.0526. The molecule has 0 saturated heterocycles. The molecule has 0 aliphatic rings. The SMILES string of the molecule is CCOC(=O)c1ccn2c(=S)[nH]nc2c1Cl. The van der Waals surface area contributed by atoms with Crippen molar-refractivity contribution in [3.63, 3.8) is 0 Å². The smallest absolute Gasteiger partial charge is 0.339 e. The van der Waals surface area contributed by atoms with Gasteiger partial charge in [0, 0.05) is 6.20 Å². The maximum atomic E-state index is 11.5. The van der Waals surface area contributed by atoms with Gasteiger partial charge in [-0.1, -0.05) is 11.6 Å². The topological polar surface area (TPSA) is 59.4 Å². The highest BCUT2D eigenvalue weighted by molar-refractivity contribution is 7.71. The van der Waals surface area contributed by atoms with Crippen LogP contribution in [0.25, 0.3) is 5.65 Å². The first-order valence-electron chi connectivity index (χ1n) is 4.57. The number of H-pyrrole nitrogens is 1. The highest BCUT2D eigenvalue weighted by Crippen LogP contribution is 2.21. The molecule has 0 fully saturated rings. The summed E-state index contributed by atoms with van der Waals surface area (Å²) in [5.74, 6) is -0.469. The first-order chi connectivity index (χ1) is 7.65. The van der Waals surface area contributed by atoms with Crippen LogP contribution in [0.3, 0.4) is 0 Å². The number of carbonyl (C=O) groups excluding carboxylic acids is 1. The van der Waals surface area contributed by atoms with Gasteiger partial charge in [-0.05, 0) is 25.2 Å². The molecule has 0 aromatic carbocycles. The number of rotatable bonds is 2. The van der Waals surface area contributed by atoms with Crippen LogP contribution < -0.4 is 0 Å². The van der Waals surface area contributed by atoms with E-state index in [2.05, 4.69) is 10.2 Å².